The van der Waals surface area contributed by atoms with E-state index in [1.807, 2.05) is 13.8 Å². The van der Waals surface area contributed by atoms with Crippen LogP contribution in [0.15, 0.2) is 30.3 Å². The number of carbonyl (C=O) groups excluding carboxylic acids is 3. The summed E-state index contributed by atoms with van der Waals surface area (Å²) in [6, 6.07) is 4.52. The van der Waals surface area contributed by atoms with E-state index in [9.17, 15) is 29.1 Å². The molecule has 1 aromatic rings. The lowest BCUT2D eigenvalue weighted by Gasteiger charge is -2.29. The molecule has 6 atom stereocenters. The van der Waals surface area contributed by atoms with E-state index in [0.29, 0.717) is 12.8 Å². The molecule has 0 saturated heterocycles. The molecule has 206 valence electrons. The third kappa shape index (κ3) is 10.6. The Hall–Kier alpha value is -3.47. The molecule has 11 nitrogen and oxygen atoms in total. The van der Waals surface area contributed by atoms with Gasteiger partial charge < -0.3 is 31.9 Å². The molecule has 0 heterocycles. The summed E-state index contributed by atoms with van der Waals surface area (Å²) in [5, 5.41) is 26.2. The highest BCUT2D eigenvalue weighted by Gasteiger charge is 2.34. The van der Waals surface area contributed by atoms with Crippen molar-refractivity contribution >= 4 is 29.7 Å². The molecule has 6 unspecified atom stereocenters. The second kappa shape index (κ2) is 15.6. The van der Waals surface area contributed by atoms with E-state index < -0.39 is 53.8 Å². The molecule has 0 spiro atoms. The van der Waals surface area contributed by atoms with Gasteiger partial charge in [-0.2, -0.15) is 0 Å². The average Bonchev–Trinajstić information content (AvgIpc) is 2.87. The van der Waals surface area contributed by atoms with Crippen LogP contribution in [0.2, 0.25) is 0 Å². The number of nitrogens with one attached hydrogen (secondary N) is 3. The predicted molar refractivity (Wildman–Crippen MR) is 137 cm³/mol. The van der Waals surface area contributed by atoms with Crippen molar-refractivity contribution in [1.29, 1.82) is 0 Å². The first-order chi connectivity index (χ1) is 17.4. The maximum Gasteiger partial charge on any atom is 0.326 e. The van der Waals surface area contributed by atoms with Gasteiger partial charge in [0.25, 0.3) is 0 Å². The minimum atomic E-state index is -1.17. The maximum absolute atomic E-state index is 13.4. The van der Waals surface area contributed by atoms with Crippen LogP contribution in [0, 0.1) is 11.8 Å². The van der Waals surface area contributed by atoms with Crippen LogP contribution < -0.4 is 21.7 Å². The van der Waals surface area contributed by atoms with Gasteiger partial charge in [0.15, 0.2) is 0 Å². The van der Waals surface area contributed by atoms with Crippen LogP contribution in [0.3, 0.4) is 0 Å². The molecule has 0 fully saturated rings. The van der Waals surface area contributed by atoms with Crippen LogP contribution in [0.5, 0.6) is 0 Å². The quantitative estimate of drug-likeness (QED) is 0.186. The number of hydrogen-bond acceptors (Lipinski definition) is 6. The van der Waals surface area contributed by atoms with Crippen LogP contribution >= 0.6 is 0 Å². The van der Waals surface area contributed by atoms with E-state index in [0.717, 1.165) is 5.56 Å². The summed E-state index contributed by atoms with van der Waals surface area (Å²) < 4.78 is 0. The SMILES string of the molecule is CCC(C)C(NC(=O)C(NC(=O)C(Cc1ccccc1)NC(=O)C(N)CCC(=O)O)C(C)CC)C(=O)O. The number of carboxylic acids is 2. The number of aliphatic carboxylic acids is 2. The van der Waals surface area contributed by atoms with E-state index in [-0.39, 0.29) is 31.1 Å². The van der Waals surface area contributed by atoms with E-state index in [4.69, 9.17) is 10.8 Å². The van der Waals surface area contributed by atoms with Crippen LogP contribution in [0.4, 0.5) is 0 Å². The van der Waals surface area contributed by atoms with Crippen molar-refractivity contribution in [2.75, 3.05) is 0 Å². The van der Waals surface area contributed by atoms with Crippen molar-refractivity contribution in [3.63, 3.8) is 0 Å². The Morgan fingerprint density at radius 3 is 1.86 bits per heavy atom. The van der Waals surface area contributed by atoms with Gasteiger partial charge in [-0.1, -0.05) is 70.9 Å². The van der Waals surface area contributed by atoms with Crippen LogP contribution in [-0.2, 0) is 30.4 Å². The first-order valence-electron chi connectivity index (χ1n) is 12.6. The third-order valence-corrected chi connectivity index (χ3v) is 6.49. The number of carbonyl (C=O) groups is 5. The summed E-state index contributed by atoms with van der Waals surface area (Å²) in [6.07, 6.45) is 0.746. The number of amides is 3. The molecule has 0 aliphatic heterocycles. The molecule has 7 N–H and O–H groups in total. The standard InChI is InChI=1S/C26H40N4O7/c1-5-15(3)21(25(35)30-22(26(36)37)16(4)6-2)29-24(34)19(14-17-10-8-7-9-11-17)28-23(33)18(27)12-13-20(31)32/h7-11,15-16,18-19,21-22H,5-6,12-14,27H2,1-4H3,(H,28,33)(H,29,34)(H,30,35)(H,31,32)(H,36,37). The number of rotatable bonds is 16. The Kier molecular flexibility index (Phi) is 13.3. The Morgan fingerprint density at radius 2 is 1.35 bits per heavy atom. The van der Waals surface area contributed by atoms with Crippen molar-refractivity contribution < 1.29 is 34.2 Å². The monoisotopic (exact) mass is 520 g/mol. The van der Waals surface area contributed by atoms with Crippen LogP contribution in [0.1, 0.15) is 58.9 Å². The minimum Gasteiger partial charge on any atom is -0.481 e. The first-order valence-corrected chi connectivity index (χ1v) is 12.6. The lowest BCUT2D eigenvalue weighted by molar-refractivity contribution is -0.144. The highest BCUT2D eigenvalue weighted by Crippen LogP contribution is 2.13. The molecular weight excluding hydrogens is 480 g/mol. The van der Waals surface area contributed by atoms with Crippen molar-refractivity contribution in [1.82, 2.24) is 16.0 Å². The van der Waals surface area contributed by atoms with Gasteiger partial charge in [0, 0.05) is 12.8 Å². The summed E-state index contributed by atoms with van der Waals surface area (Å²) >= 11 is 0. The molecular formula is C26H40N4O7. The molecule has 3 amide bonds. The van der Waals surface area contributed by atoms with Gasteiger partial charge in [0.1, 0.15) is 18.1 Å². The minimum absolute atomic E-state index is 0.101. The molecule has 1 rings (SSSR count). The summed E-state index contributed by atoms with van der Waals surface area (Å²) in [6.45, 7) is 7.13. The summed E-state index contributed by atoms with van der Waals surface area (Å²) in [4.78, 5) is 61.7. The Bertz CT molecular complexity index is 925. The van der Waals surface area contributed by atoms with Crippen molar-refractivity contribution in [3.05, 3.63) is 35.9 Å². The van der Waals surface area contributed by atoms with E-state index in [1.54, 1.807) is 44.2 Å². The number of benzene rings is 1. The Labute approximate surface area is 217 Å². The molecule has 0 radical (unpaired) electrons. The van der Waals surface area contributed by atoms with Gasteiger partial charge in [0.05, 0.1) is 6.04 Å². The van der Waals surface area contributed by atoms with Gasteiger partial charge >= 0.3 is 11.9 Å². The summed E-state index contributed by atoms with van der Waals surface area (Å²) in [5.74, 6) is -4.88. The Balaban J connectivity index is 3.13. The van der Waals surface area contributed by atoms with Gasteiger partial charge in [-0.15, -0.1) is 0 Å². The van der Waals surface area contributed by atoms with Crippen molar-refractivity contribution in [2.24, 2.45) is 17.6 Å². The third-order valence-electron chi connectivity index (χ3n) is 6.49. The zero-order chi connectivity index (χ0) is 28.1. The topological polar surface area (TPSA) is 188 Å². The molecule has 0 aliphatic rings. The fraction of sp³-hybridized carbons (Fsp3) is 0.577. The zero-order valence-electron chi connectivity index (χ0n) is 21.9. The lowest BCUT2D eigenvalue weighted by atomic mass is 9.94. The van der Waals surface area contributed by atoms with Gasteiger partial charge in [-0.25, -0.2) is 4.79 Å². The van der Waals surface area contributed by atoms with Gasteiger partial charge in [-0.05, 0) is 23.8 Å². The summed E-state index contributed by atoms with van der Waals surface area (Å²) in [7, 11) is 0. The molecule has 11 heteroatoms. The molecule has 37 heavy (non-hydrogen) atoms. The lowest BCUT2D eigenvalue weighted by Crippen LogP contribution is -2.59. The molecule has 0 bridgehead atoms. The van der Waals surface area contributed by atoms with Crippen LogP contribution in [-0.4, -0.2) is 64.0 Å². The predicted octanol–water partition coefficient (Wildman–Crippen LogP) is 1.05. The second-order valence-electron chi connectivity index (χ2n) is 9.37. The van der Waals surface area contributed by atoms with E-state index in [1.165, 1.54) is 0 Å². The van der Waals surface area contributed by atoms with Crippen LogP contribution in [0.25, 0.3) is 0 Å². The maximum atomic E-state index is 13.4. The highest BCUT2D eigenvalue weighted by molar-refractivity contribution is 5.94. The average molecular weight is 521 g/mol. The molecule has 0 saturated carbocycles. The van der Waals surface area contributed by atoms with Gasteiger partial charge in [0.2, 0.25) is 17.7 Å². The fourth-order valence-electron chi connectivity index (χ4n) is 3.63. The number of hydrogen-bond donors (Lipinski definition) is 6. The highest BCUT2D eigenvalue weighted by atomic mass is 16.4. The largest absolute Gasteiger partial charge is 0.481 e. The number of nitrogens with two attached hydrogens (primary N) is 1. The second-order valence-corrected chi connectivity index (χ2v) is 9.37. The van der Waals surface area contributed by atoms with Gasteiger partial charge in [-0.3, -0.25) is 19.2 Å². The zero-order valence-corrected chi connectivity index (χ0v) is 21.9. The summed E-state index contributed by atoms with van der Waals surface area (Å²) in [5.41, 5.74) is 6.57. The van der Waals surface area contributed by atoms with E-state index in [2.05, 4.69) is 16.0 Å². The fourth-order valence-corrected chi connectivity index (χ4v) is 3.63. The van der Waals surface area contributed by atoms with Crippen molar-refractivity contribution in [2.45, 2.75) is 84.0 Å². The Morgan fingerprint density at radius 1 is 0.811 bits per heavy atom. The first kappa shape index (κ1) is 31.6. The molecule has 1 aromatic carbocycles. The van der Waals surface area contributed by atoms with Crippen molar-refractivity contribution in [3.8, 4) is 0 Å². The normalized spacial score (nSPS) is 15.8. The van der Waals surface area contributed by atoms with E-state index >= 15 is 0 Å². The molecule has 0 aromatic heterocycles. The molecule has 0 aliphatic carbocycles. The smallest absolute Gasteiger partial charge is 0.326 e. The number of carboxylic acid groups (broad SMARTS) is 2.